The smallest absolute Gasteiger partial charge is 0.322 e. The van der Waals surface area contributed by atoms with Crippen LogP contribution in [0.15, 0.2) is 39.6 Å². The Morgan fingerprint density at radius 2 is 1.88 bits per heavy atom. The van der Waals surface area contributed by atoms with Crippen LogP contribution < -0.4 is 10.1 Å². The van der Waals surface area contributed by atoms with Crippen molar-refractivity contribution in [1.29, 1.82) is 0 Å². The van der Waals surface area contributed by atoms with E-state index in [9.17, 15) is 13.2 Å². The second-order valence-electron chi connectivity index (χ2n) is 7.55. The van der Waals surface area contributed by atoms with E-state index in [1.165, 1.54) is 23.5 Å². The van der Waals surface area contributed by atoms with Crippen molar-refractivity contribution in [1.82, 2.24) is 24.3 Å². The first-order chi connectivity index (χ1) is 15.3. The number of aryl methyl sites for hydroxylation is 2. The van der Waals surface area contributed by atoms with Crippen molar-refractivity contribution < 1.29 is 22.4 Å². The highest BCUT2D eigenvalue weighted by atomic mass is 32.2. The number of piperidine rings is 1. The third-order valence-electron chi connectivity index (χ3n) is 5.51. The summed E-state index contributed by atoms with van der Waals surface area (Å²) in [5.41, 5.74) is 1.45. The summed E-state index contributed by atoms with van der Waals surface area (Å²) in [5.74, 6) is 0.162. The Bertz CT molecular complexity index is 1190. The molecule has 4 rings (SSSR count). The molecule has 3 aromatic rings. The third-order valence-corrected chi connectivity index (χ3v) is 7.42. The van der Waals surface area contributed by atoms with Gasteiger partial charge in [-0.15, -0.1) is 5.10 Å². The molecule has 1 fully saturated rings. The fourth-order valence-corrected chi connectivity index (χ4v) is 4.97. The molecule has 0 saturated carbocycles. The van der Waals surface area contributed by atoms with Crippen molar-refractivity contribution in [2.45, 2.75) is 24.7 Å². The van der Waals surface area contributed by atoms with Gasteiger partial charge in [0.2, 0.25) is 15.9 Å². The number of ether oxygens (including phenoxy) is 1. The zero-order chi connectivity index (χ0) is 22.9. The van der Waals surface area contributed by atoms with E-state index >= 15 is 0 Å². The molecular formula is C20H24N6O5S. The molecule has 32 heavy (non-hydrogen) atoms. The lowest BCUT2D eigenvalue weighted by atomic mass is 9.97. The maximum Gasteiger partial charge on any atom is 0.322 e. The van der Waals surface area contributed by atoms with Crippen LogP contribution in [-0.2, 0) is 21.9 Å². The number of sulfonamides is 1. The highest BCUT2D eigenvalue weighted by Gasteiger charge is 2.32. The Hall–Kier alpha value is -3.25. The molecule has 1 saturated heterocycles. The molecule has 3 heterocycles. The zero-order valence-electron chi connectivity index (χ0n) is 18.0. The number of carbonyl (C=O) groups excluding carboxylic acids is 1. The van der Waals surface area contributed by atoms with Crippen molar-refractivity contribution >= 4 is 21.9 Å². The van der Waals surface area contributed by atoms with Crippen LogP contribution in [-0.4, -0.2) is 58.8 Å². The molecule has 1 N–H and O–H groups in total. The summed E-state index contributed by atoms with van der Waals surface area (Å²) < 4.78 is 39.4. The van der Waals surface area contributed by atoms with Crippen molar-refractivity contribution in [3.63, 3.8) is 0 Å². The molecule has 1 amide bonds. The molecule has 11 nitrogen and oxygen atoms in total. The second-order valence-corrected chi connectivity index (χ2v) is 9.49. The van der Waals surface area contributed by atoms with E-state index in [4.69, 9.17) is 9.15 Å². The Kier molecular flexibility index (Phi) is 5.98. The van der Waals surface area contributed by atoms with Gasteiger partial charge >= 0.3 is 6.01 Å². The average Bonchev–Trinajstić information content (AvgIpc) is 3.40. The van der Waals surface area contributed by atoms with Gasteiger partial charge in [-0.1, -0.05) is 5.10 Å². The fraction of sp³-hybridized carbons (Fsp3) is 0.400. The first-order valence-electron chi connectivity index (χ1n) is 10.1. The van der Waals surface area contributed by atoms with Gasteiger partial charge in [-0.2, -0.15) is 9.40 Å². The molecule has 170 valence electrons. The molecule has 0 aliphatic carbocycles. The largest absolute Gasteiger partial charge is 0.497 e. The molecule has 0 bridgehead atoms. The number of aromatic nitrogens is 4. The normalized spacial score (nSPS) is 15.6. The first kappa shape index (κ1) is 22.0. The van der Waals surface area contributed by atoms with Gasteiger partial charge < -0.3 is 9.15 Å². The monoisotopic (exact) mass is 460 g/mol. The summed E-state index contributed by atoms with van der Waals surface area (Å²) in [6.07, 6.45) is 0.781. The molecule has 2 aromatic heterocycles. The summed E-state index contributed by atoms with van der Waals surface area (Å²) in [6.45, 7) is 2.39. The lowest BCUT2D eigenvalue weighted by Crippen LogP contribution is -2.41. The number of hydrogen-bond acceptors (Lipinski definition) is 8. The van der Waals surface area contributed by atoms with E-state index in [1.807, 2.05) is 6.92 Å². The number of amides is 1. The minimum atomic E-state index is -3.63. The van der Waals surface area contributed by atoms with Crippen LogP contribution in [0, 0.1) is 12.8 Å². The van der Waals surface area contributed by atoms with Gasteiger partial charge in [0, 0.05) is 31.7 Å². The summed E-state index contributed by atoms with van der Waals surface area (Å²) >= 11 is 0. The number of carbonyl (C=O) groups is 1. The zero-order valence-corrected chi connectivity index (χ0v) is 18.8. The number of nitrogens with one attached hydrogen (secondary N) is 1. The average molecular weight is 461 g/mol. The fourth-order valence-electron chi connectivity index (χ4n) is 3.50. The van der Waals surface area contributed by atoms with Gasteiger partial charge in [0.25, 0.3) is 5.89 Å². The lowest BCUT2D eigenvalue weighted by Gasteiger charge is -2.30. The van der Waals surface area contributed by atoms with Crippen molar-refractivity contribution in [2.24, 2.45) is 13.0 Å². The molecule has 0 spiro atoms. The Morgan fingerprint density at radius 3 is 2.47 bits per heavy atom. The quantitative estimate of drug-likeness (QED) is 0.589. The Morgan fingerprint density at radius 1 is 1.19 bits per heavy atom. The number of anilines is 1. The molecule has 0 unspecified atom stereocenters. The van der Waals surface area contributed by atoms with E-state index in [0.29, 0.717) is 24.3 Å². The summed E-state index contributed by atoms with van der Waals surface area (Å²) in [6, 6.07) is 8.04. The van der Waals surface area contributed by atoms with Crippen LogP contribution in [0.2, 0.25) is 0 Å². The number of rotatable bonds is 6. The molecule has 0 radical (unpaired) electrons. The van der Waals surface area contributed by atoms with Gasteiger partial charge in [-0.05, 0) is 50.1 Å². The van der Waals surface area contributed by atoms with E-state index in [-0.39, 0.29) is 41.7 Å². The molecule has 1 aliphatic rings. The third kappa shape index (κ3) is 4.36. The summed E-state index contributed by atoms with van der Waals surface area (Å²) in [4.78, 5) is 12.8. The van der Waals surface area contributed by atoms with Crippen molar-refractivity contribution in [2.75, 3.05) is 25.5 Å². The van der Waals surface area contributed by atoms with Crippen LogP contribution in [0.25, 0.3) is 11.6 Å². The number of nitrogens with zero attached hydrogens (tertiary/aromatic N) is 5. The van der Waals surface area contributed by atoms with Crippen LogP contribution in [0.1, 0.15) is 18.5 Å². The molecular weight excluding hydrogens is 436 g/mol. The van der Waals surface area contributed by atoms with Gasteiger partial charge in [0.05, 0.1) is 12.0 Å². The Balaban J connectivity index is 1.35. The van der Waals surface area contributed by atoms with Gasteiger partial charge in [0.15, 0.2) is 0 Å². The van der Waals surface area contributed by atoms with Crippen LogP contribution in [0.3, 0.4) is 0 Å². The van der Waals surface area contributed by atoms with Crippen LogP contribution in [0.4, 0.5) is 6.01 Å². The SMILES string of the molecule is COc1ccc(S(=O)(=O)N2CCC(C(=O)Nc3nnc(-c4cc(C)n(C)n4)o3)CC2)cc1. The topological polar surface area (TPSA) is 132 Å². The maximum absolute atomic E-state index is 12.9. The summed E-state index contributed by atoms with van der Waals surface area (Å²) in [5, 5.41) is 14.7. The van der Waals surface area contributed by atoms with Crippen LogP contribution in [0.5, 0.6) is 5.75 Å². The van der Waals surface area contributed by atoms with Crippen LogP contribution >= 0.6 is 0 Å². The predicted molar refractivity (Wildman–Crippen MR) is 114 cm³/mol. The highest BCUT2D eigenvalue weighted by Crippen LogP contribution is 2.26. The molecule has 1 aromatic carbocycles. The van der Waals surface area contributed by atoms with Gasteiger partial charge in [-0.25, -0.2) is 8.42 Å². The number of methoxy groups -OCH3 is 1. The van der Waals surface area contributed by atoms with Gasteiger partial charge in [-0.3, -0.25) is 14.8 Å². The minimum absolute atomic E-state index is 0.0124. The molecule has 0 atom stereocenters. The van der Waals surface area contributed by atoms with Crippen molar-refractivity contribution in [3.05, 3.63) is 36.0 Å². The minimum Gasteiger partial charge on any atom is -0.497 e. The second kappa shape index (κ2) is 8.71. The predicted octanol–water partition coefficient (Wildman–Crippen LogP) is 1.83. The number of benzene rings is 1. The molecule has 1 aliphatic heterocycles. The highest BCUT2D eigenvalue weighted by molar-refractivity contribution is 7.89. The lowest BCUT2D eigenvalue weighted by molar-refractivity contribution is -0.121. The Labute approximate surface area is 185 Å². The maximum atomic E-state index is 12.9. The van der Waals surface area contributed by atoms with E-state index in [1.54, 1.807) is 29.9 Å². The molecule has 12 heteroatoms. The van der Waals surface area contributed by atoms with Crippen molar-refractivity contribution in [3.8, 4) is 17.3 Å². The number of hydrogen-bond donors (Lipinski definition) is 1. The summed E-state index contributed by atoms with van der Waals surface area (Å²) in [7, 11) is -0.301. The van der Waals surface area contributed by atoms with Gasteiger partial charge in [0.1, 0.15) is 11.4 Å². The standard InChI is InChI=1S/C20H24N6O5S/c1-13-12-17(24-25(13)2)19-22-23-20(31-19)21-18(27)14-8-10-26(11-9-14)32(28,29)16-6-4-15(30-3)5-7-16/h4-7,12,14H,8-11H2,1-3H3,(H,21,23,27). The van der Waals surface area contributed by atoms with E-state index in [0.717, 1.165) is 5.69 Å². The van der Waals surface area contributed by atoms with E-state index < -0.39 is 10.0 Å². The first-order valence-corrected chi connectivity index (χ1v) is 11.5. The van der Waals surface area contributed by atoms with E-state index in [2.05, 4.69) is 20.6 Å².